The van der Waals surface area contributed by atoms with Crippen LogP contribution in [0.3, 0.4) is 0 Å². The number of amides is 2. The van der Waals surface area contributed by atoms with Crippen LogP contribution in [0.2, 0.25) is 0 Å². The van der Waals surface area contributed by atoms with Crippen molar-refractivity contribution in [3.05, 3.63) is 71.0 Å². The summed E-state index contributed by atoms with van der Waals surface area (Å²) in [6.07, 6.45) is 7.28. The van der Waals surface area contributed by atoms with Crippen molar-refractivity contribution in [2.75, 3.05) is 13.1 Å². The summed E-state index contributed by atoms with van der Waals surface area (Å²) in [5, 5.41) is 7.99. The van der Waals surface area contributed by atoms with E-state index >= 15 is 0 Å². The van der Waals surface area contributed by atoms with E-state index in [1.165, 1.54) is 36.9 Å². The molecular weight excluding hydrogens is 424 g/mol. The molecule has 0 unspecified atom stereocenters. The number of nitrogens with one attached hydrogen (secondary N) is 3. The van der Waals surface area contributed by atoms with Crippen molar-refractivity contribution in [1.29, 1.82) is 0 Å². The Balaban J connectivity index is 0.000000136. The lowest BCUT2D eigenvalue weighted by Crippen LogP contribution is -2.32. The zero-order valence-electron chi connectivity index (χ0n) is 19.3. The third-order valence-electron chi connectivity index (χ3n) is 7.54. The van der Waals surface area contributed by atoms with Crippen LogP contribution in [-0.2, 0) is 19.4 Å². The Morgan fingerprint density at radius 2 is 1.47 bits per heavy atom. The van der Waals surface area contributed by atoms with Gasteiger partial charge in [-0.15, -0.1) is 0 Å². The number of para-hydroxylation sites is 2. The van der Waals surface area contributed by atoms with Crippen LogP contribution >= 0.6 is 0 Å². The smallest absolute Gasteiger partial charge is 0.253 e. The molecule has 1 saturated carbocycles. The summed E-state index contributed by atoms with van der Waals surface area (Å²) >= 11 is 0. The first kappa shape index (κ1) is 21.0. The van der Waals surface area contributed by atoms with Gasteiger partial charge in [0.25, 0.3) is 11.8 Å². The number of nitrogens with zero attached hydrogens (tertiary/aromatic N) is 1. The number of fused-ring (bicyclic) bond motifs is 6. The molecule has 174 valence electrons. The highest BCUT2D eigenvalue weighted by Crippen LogP contribution is 2.33. The van der Waals surface area contributed by atoms with E-state index in [4.69, 9.17) is 0 Å². The van der Waals surface area contributed by atoms with E-state index in [-0.39, 0.29) is 11.8 Å². The third-order valence-corrected chi connectivity index (χ3v) is 7.54. The number of hydrogen-bond acceptors (Lipinski definition) is 2. The molecule has 1 aliphatic carbocycles. The van der Waals surface area contributed by atoms with Crippen molar-refractivity contribution >= 4 is 33.6 Å². The molecule has 2 aromatic carbocycles. The van der Waals surface area contributed by atoms with E-state index in [9.17, 15) is 9.59 Å². The van der Waals surface area contributed by atoms with E-state index < -0.39 is 0 Å². The minimum absolute atomic E-state index is 0.0451. The molecule has 0 atom stereocenters. The maximum absolute atomic E-state index is 12.2. The topological polar surface area (TPSA) is 78.9 Å². The lowest BCUT2D eigenvalue weighted by molar-refractivity contribution is 0.0938. The summed E-state index contributed by atoms with van der Waals surface area (Å²) in [6.45, 7) is 2.59. The van der Waals surface area contributed by atoms with Crippen LogP contribution in [0.25, 0.3) is 21.8 Å². The molecule has 3 aliphatic rings. The molecule has 4 heterocycles. The Kier molecular flexibility index (Phi) is 5.36. The van der Waals surface area contributed by atoms with Gasteiger partial charge < -0.3 is 20.2 Å². The summed E-state index contributed by atoms with van der Waals surface area (Å²) in [7, 11) is 0. The summed E-state index contributed by atoms with van der Waals surface area (Å²) in [4.78, 5) is 27.1. The van der Waals surface area contributed by atoms with Crippen LogP contribution in [0.4, 0.5) is 0 Å². The van der Waals surface area contributed by atoms with Gasteiger partial charge in [0.15, 0.2) is 0 Å². The van der Waals surface area contributed by atoms with Gasteiger partial charge >= 0.3 is 0 Å². The van der Waals surface area contributed by atoms with Crippen molar-refractivity contribution in [2.24, 2.45) is 5.92 Å². The number of benzene rings is 2. The quantitative estimate of drug-likeness (QED) is 0.415. The van der Waals surface area contributed by atoms with E-state index in [0.29, 0.717) is 0 Å². The summed E-state index contributed by atoms with van der Waals surface area (Å²) in [5.74, 6) is 0.941. The third kappa shape index (κ3) is 3.58. The molecule has 2 aromatic heterocycles. The first-order chi connectivity index (χ1) is 16.7. The summed E-state index contributed by atoms with van der Waals surface area (Å²) in [5.41, 5.74) is 6.35. The molecule has 1 fully saturated rings. The number of hydrogen-bond donors (Lipinski definition) is 3. The van der Waals surface area contributed by atoms with Gasteiger partial charge in [0.1, 0.15) is 0 Å². The lowest BCUT2D eigenvalue weighted by atomic mass is 10.1. The fraction of sp³-hybridized carbons (Fsp3) is 0.357. The number of carbonyl (C=O) groups is 2. The van der Waals surface area contributed by atoms with Crippen LogP contribution in [0, 0.1) is 5.92 Å². The summed E-state index contributed by atoms with van der Waals surface area (Å²) < 4.78 is 2.43. The highest BCUT2D eigenvalue weighted by atomic mass is 16.2. The van der Waals surface area contributed by atoms with Crippen LogP contribution in [0.1, 0.15) is 57.8 Å². The molecule has 3 N–H and O–H groups in total. The van der Waals surface area contributed by atoms with E-state index in [2.05, 4.69) is 38.4 Å². The monoisotopic (exact) mass is 454 g/mol. The van der Waals surface area contributed by atoms with Crippen molar-refractivity contribution in [3.63, 3.8) is 0 Å². The standard InChI is InChI=1S/C17H20N2O.C11H10N2O/c20-17-16-13-7-3-4-8-14(13)19(15(16)9-10-18-17)11-12-5-1-2-6-12;14-11-10-7-3-1-2-4-8(7)13-9(10)5-6-12-11/h3-4,7-8,12H,1-2,5-6,9-11H2,(H,18,20);1-4,13H,5-6H2,(H,12,14). The van der Waals surface area contributed by atoms with Gasteiger partial charge in [0.05, 0.1) is 11.1 Å². The second kappa shape index (κ2) is 8.67. The first-order valence-corrected chi connectivity index (χ1v) is 12.5. The molecular formula is C28H30N4O2. The Bertz CT molecular complexity index is 1390. The minimum atomic E-state index is 0.0451. The van der Waals surface area contributed by atoms with Gasteiger partial charge in [0.2, 0.25) is 0 Å². The predicted molar refractivity (Wildman–Crippen MR) is 134 cm³/mol. The molecule has 6 nitrogen and oxygen atoms in total. The van der Waals surface area contributed by atoms with E-state index in [1.807, 2.05) is 30.3 Å². The molecule has 6 heteroatoms. The molecule has 0 saturated heterocycles. The number of carbonyl (C=O) groups excluding carboxylic acids is 2. The Morgan fingerprint density at radius 3 is 2.29 bits per heavy atom. The lowest BCUT2D eigenvalue weighted by Gasteiger charge is -2.19. The van der Waals surface area contributed by atoms with Gasteiger partial charge in [-0.2, -0.15) is 0 Å². The largest absolute Gasteiger partial charge is 0.358 e. The second-order valence-electron chi connectivity index (χ2n) is 9.64. The summed E-state index contributed by atoms with van der Waals surface area (Å²) in [6, 6.07) is 16.3. The normalized spacial score (nSPS) is 17.6. The van der Waals surface area contributed by atoms with E-state index in [0.717, 1.165) is 71.5 Å². The zero-order chi connectivity index (χ0) is 23.1. The molecule has 7 rings (SSSR count). The van der Waals surface area contributed by atoms with Gasteiger partial charge in [-0.05, 0) is 30.9 Å². The average Bonchev–Trinajstić information content (AvgIpc) is 3.58. The predicted octanol–water partition coefficient (Wildman–Crippen LogP) is 4.57. The Hall–Kier alpha value is -3.54. The highest BCUT2D eigenvalue weighted by molar-refractivity contribution is 6.09. The van der Waals surface area contributed by atoms with Gasteiger partial charge in [0, 0.05) is 65.7 Å². The number of aromatic amines is 1. The number of rotatable bonds is 2. The average molecular weight is 455 g/mol. The molecule has 4 aromatic rings. The molecule has 2 aliphatic heterocycles. The molecule has 0 spiro atoms. The van der Waals surface area contributed by atoms with Crippen molar-refractivity contribution in [3.8, 4) is 0 Å². The Labute approximate surface area is 198 Å². The minimum Gasteiger partial charge on any atom is -0.358 e. The second-order valence-corrected chi connectivity index (χ2v) is 9.64. The molecule has 34 heavy (non-hydrogen) atoms. The fourth-order valence-electron chi connectivity index (χ4n) is 5.95. The SMILES string of the molecule is O=C1NCCc2[nH]c3ccccc3c21.O=C1NCCc2c1c1ccccc1n2CC1CCCC1. The van der Waals surface area contributed by atoms with Crippen molar-refractivity contribution in [2.45, 2.75) is 45.1 Å². The van der Waals surface area contributed by atoms with Crippen molar-refractivity contribution < 1.29 is 9.59 Å². The van der Waals surface area contributed by atoms with E-state index in [1.54, 1.807) is 0 Å². The van der Waals surface area contributed by atoms with Crippen LogP contribution in [0.5, 0.6) is 0 Å². The molecule has 2 amide bonds. The zero-order valence-corrected chi connectivity index (χ0v) is 19.3. The maximum atomic E-state index is 12.2. The Morgan fingerprint density at radius 1 is 0.794 bits per heavy atom. The highest BCUT2D eigenvalue weighted by Gasteiger charge is 2.27. The van der Waals surface area contributed by atoms with Gasteiger partial charge in [-0.25, -0.2) is 0 Å². The first-order valence-electron chi connectivity index (χ1n) is 12.5. The maximum Gasteiger partial charge on any atom is 0.253 e. The van der Waals surface area contributed by atoms with Crippen LogP contribution in [-0.4, -0.2) is 34.5 Å². The fourth-order valence-corrected chi connectivity index (χ4v) is 5.95. The number of H-pyrrole nitrogens is 1. The molecule has 0 radical (unpaired) electrons. The van der Waals surface area contributed by atoms with Crippen LogP contribution in [0.15, 0.2) is 48.5 Å². The van der Waals surface area contributed by atoms with Crippen molar-refractivity contribution in [1.82, 2.24) is 20.2 Å². The van der Waals surface area contributed by atoms with Gasteiger partial charge in [-0.3, -0.25) is 9.59 Å². The van der Waals surface area contributed by atoms with Gasteiger partial charge in [-0.1, -0.05) is 49.2 Å². The van der Waals surface area contributed by atoms with Crippen LogP contribution < -0.4 is 10.6 Å². The number of aromatic nitrogens is 2. The molecule has 0 bridgehead atoms.